The quantitative estimate of drug-likeness (QED) is 0.181. The molecule has 0 radical (unpaired) electrons. The fraction of sp³-hybridized carbons (Fsp3) is 0.100. The number of nitrogens with zero attached hydrogens (tertiary/aromatic N) is 1. The molecule has 174 valence electrons. The first kappa shape index (κ1) is 25.2. The van der Waals surface area contributed by atoms with Crippen molar-refractivity contribution in [1.29, 1.82) is 0 Å². The average molecular weight is 609 g/mol. The van der Waals surface area contributed by atoms with Gasteiger partial charge in [-0.05, 0) is 71.0 Å². The molecule has 13 heteroatoms. The normalized spacial score (nSPS) is 11.3. The topological polar surface area (TPSA) is 120 Å². The van der Waals surface area contributed by atoms with Gasteiger partial charge in [-0.25, -0.2) is 27.4 Å². The van der Waals surface area contributed by atoms with E-state index in [-0.39, 0.29) is 17.3 Å². The van der Waals surface area contributed by atoms with Crippen molar-refractivity contribution in [2.24, 2.45) is 0 Å². The molecule has 1 heterocycles. The van der Waals surface area contributed by atoms with Gasteiger partial charge in [-0.2, -0.15) is 0 Å². The third kappa shape index (κ3) is 5.58. The van der Waals surface area contributed by atoms with Gasteiger partial charge in [0.05, 0.1) is 22.0 Å². The highest BCUT2D eigenvalue weighted by atomic mass is 127. The number of hydrogen-bond acceptors (Lipinski definition) is 6. The highest BCUT2D eigenvalue weighted by Crippen LogP contribution is 2.34. The van der Waals surface area contributed by atoms with Crippen LogP contribution in [0.2, 0.25) is 5.02 Å². The van der Waals surface area contributed by atoms with Gasteiger partial charge in [0.1, 0.15) is 4.90 Å². The maximum atomic E-state index is 15.0. The number of carbonyl (C=O) groups excluding carboxylic acids is 1. The van der Waals surface area contributed by atoms with E-state index in [1.807, 2.05) is 22.6 Å². The van der Waals surface area contributed by atoms with Gasteiger partial charge in [-0.15, -0.1) is 0 Å². The van der Waals surface area contributed by atoms with Crippen molar-refractivity contribution in [2.45, 2.75) is 18.4 Å². The van der Waals surface area contributed by atoms with Gasteiger partial charge >= 0.3 is 0 Å². The summed E-state index contributed by atoms with van der Waals surface area (Å²) >= 11 is 8.10. The fourth-order valence-corrected chi connectivity index (χ4v) is 4.82. The number of aromatic nitrogens is 1. The zero-order valence-corrected chi connectivity index (χ0v) is 20.5. The van der Waals surface area contributed by atoms with Crippen LogP contribution in [-0.2, 0) is 16.6 Å². The molecule has 0 aliphatic carbocycles. The van der Waals surface area contributed by atoms with Crippen molar-refractivity contribution in [2.75, 3.05) is 5.32 Å². The van der Waals surface area contributed by atoms with E-state index in [2.05, 4.69) is 15.0 Å². The minimum absolute atomic E-state index is 0.128. The highest BCUT2D eigenvalue weighted by molar-refractivity contribution is 14.1. The molecule has 0 unspecified atom stereocenters. The standard InChI is InChI=1S/C20H16ClF2IN4O4S/c1-10-4-5-25-8-11(10)9-26-33(31,32)16-7-13(20(29)28-30)19(18(23)17(16)22)27-15-3-2-12(24)6-14(15)21/h2-8,26-27,30H,9H2,1H3,(H,28,29). The van der Waals surface area contributed by atoms with Crippen molar-refractivity contribution in [1.82, 2.24) is 15.2 Å². The maximum absolute atomic E-state index is 15.0. The number of nitrogens with one attached hydrogen (secondary N) is 3. The summed E-state index contributed by atoms with van der Waals surface area (Å²) in [5.74, 6) is -4.63. The van der Waals surface area contributed by atoms with Crippen molar-refractivity contribution < 1.29 is 27.2 Å². The molecule has 3 rings (SSSR count). The molecule has 1 amide bonds. The number of amides is 1. The summed E-state index contributed by atoms with van der Waals surface area (Å²) in [6.45, 7) is 1.48. The lowest BCUT2D eigenvalue weighted by atomic mass is 10.1. The van der Waals surface area contributed by atoms with E-state index < -0.39 is 43.7 Å². The molecule has 0 aliphatic heterocycles. The largest absolute Gasteiger partial charge is 0.351 e. The monoisotopic (exact) mass is 608 g/mol. The van der Waals surface area contributed by atoms with Crippen LogP contribution < -0.4 is 15.5 Å². The van der Waals surface area contributed by atoms with Gasteiger partial charge in [-0.3, -0.25) is 15.0 Å². The molecular weight excluding hydrogens is 593 g/mol. The Morgan fingerprint density at radius 1 is 1.21 bits per heavy atom. The predicted molar refractivity (Wildman–Crippen MR) is 126 cm³/mol. The van der Waals surface area contributed by atoms with Crippen LogP contribution >= 0.6 is 34.2 Å². The Labute approximate surface area is 206 Å². The lowest BCUT2D eigenvalue weighted by Crippen LogP contribution is -2.27. The van der Waals surface area contributed by atoms with Crippen LogP contribution in [0.4, 0.5) is 20.2 Å². The Hall–Kier alpha value is -2.39. The molecule has 0 aliphatic rings. The van der Waals surface area contributed by atoms with E-state index >= 15 is 4.39 Å². The summed E-state index contributed by atoms with van der Waals surface area (Å²) in [5, 5.41) is 11.7. The van der Waals surface area contributed by atoms with Crippen molar-refractivity contribution in [3.8, 4) is 0 Å². The molecule has 0 spiro atoms. The summed E-state index contributed by atoms with van der Waals surface area (Å²) in [6.07, 6.45) is 2.95. The van der Waals surface area contributed by atoms with E-state index in [4.69, 9.17) is 16.8 Å². The summed E-state index contributed by atoms with van der Waals surface area (Å²) < 4.78 is 58.3. The van der Waals surface area contributed by atoms with Crippen LogP contribution in [-0.4, -0.2) is 24.5 Å². The van der Waals surface area contributed by atoms with Crippen LogP contribution in [0.3, 0.4) is 0 Å². The molecule has 8 nitrogen and oxygen atoms in total. The second-order valence-electron chi connectivity index (χ2n) is 6.74. The molecule has 33 heavy (non-hydrogen) atoms. The number of benzene rings is 2. The number of rotatable bonds is 7. The number of aryl methyl sites for hydroxylation is 1. The number of carbonyl (C=O) groups is 1. The molecule has 0 atom stereocenters. The van der Waals surface area contributed by atoms with E-state index in [9.17, 15) is 17.6 Å². The predicted octanol–water partition coefficient (Wildman–Crippen LogP) is 4.27. The Morgan fingerprint density at radius 2 is 1.94 bits per heavy atom. The lowest BCUT2D eigenvalue weighted by molar-refractivity contribution is 0.0706. The Morgan fingerprint density at radius 3 is 2.58 bits per heavy atom. The molecule has 0 bridgehead atoms. The van der Waals surface area contributed by atoms with E-state index in [0.717, 1.165) is 9.13 Å². The van der Waals surface area contributed by atoms with E-state index in [1.54, 1.807) is 19.1 Å². The van der Waals surface area contributed by atoms with Crippen molar-refractivity contribution in [3.63, 3.8) is 0 Å². The van der Waals surface area contributed by atoms with Crippen LogP contribution in [0.5, 0.6) is 0 Å². The summed E-state index contributed by atoms with van der Waals surface area (Å²) in [4.78, 5) is 15.0. The van der Waals surface area contributed by atoms with Gasteiger partial charge in [0, 0.05) is 22.5 Å². The maximum Gasteiger partial charge on any atom is 0.276 e. The van der Waals surface area contributed by atoms with Crippen LogP contribution in [0.1, 0.15) is 21.5 Å². The first-order valence-electron chi connectivity index (χ1n) is 9.12. The van der Waals surface area contributed by atoms with E-state index in [1.165, 1.54) is 30.0 Å². The van der Waals surface area contributed by atoms with Crippen molar-refractivity contribution in [3.05, 3.63) is 79.6 Å². The van der Waals surface area contributed by atoms with Gasteiger partial charge in [0.25, 0.3) is 5.91 Å². The van der Waals surface area contributed by atoms with Crippen LogP contribution in [0.25, 0.3) is 0 Å². The van der Waals surface area contributed by atoms with Crippen LogP contribution in [0, 0.1) is 22.1 Å². The van der Waals surface area contributed by atoms with Crippen molar-refractivity contribution >= 4 is 61.5 Å². The zero-order valence-electron chi connectivity index (χ0n) is 16.8. The molecule has 0 fully saturated rings. The van der Waals surface area contributed by atoms with E-state index in [0.29, 0.717) is 11.6 Å². The first-order chi connectivity index (χ1) is 15.5. The number of hydrogen-bond donors (Lipinski definition) is 4. The Kier molecular flexibility index (Phi) is 7.84. The minimum atomic E-state index is -4.61. The smallest absolute Gasteiger partial charge is 0.276 e. The molecule has 0 saturated carbocycles. The highest BCUT2D eigenvalue weighted by Gasteiger charge is 2.29. The molecule has 2 aromatic carbocycles. The second-order valence-corrected chi connectivity index (χ2v) is 10.1. The summed E-state index contributed by atoms with van der Waals surface area (Å²) in [5.41, 5.74) is 1.30. The summed E-state index contributed by atoms with van der Waals surface area (Å²) in [7, 11) is -4.61. The van der Waals surface area contributed by atoms with Gasteiger partial charge in [0.2, 0.25) is 10.0 Å². The summed E-state index contributed by atoms with van der Waals surface area (Å²) in [6, 6.07) is 6.89. The Balaban J connectivity index is 2.05. The minimum Gasteiger partial charge on any atom is -0.351 e. The number of hydroxylamine groups is 1. The number of halogens is 4. The third-order valence-electron chi connectivity index (χ3n) is 4.60. The Bertz CT molecular complexity index is 1340. The number of sulfonamides is 1. The molecule has 4 N–H and O–H groups in total. The SMILES string of the molecule is Cc1ccncc1CNS(=O)(=O)c1cc(C(=O)NO)c(Nc2ccc(I)cc2Cl)c(F)c1F. The second kappa shape index (κ2) is 10.3. The van der Waals surface area contributed by atoms with Gasteiger partial charge < -0.3 is 5.32 Å². The number of pyridine rings is 1. The number of anilines is 2. The third-order valence-corrected chi connectivity index (χ3v) is 6.98. The van der Waals surface area contributed by atoms with Gasteiger partial charge in [0.15, 0.2) is 11.6 Å². The molecule has 3 aromatic rings. The van der Waals surface area contributed by atoms with Crippen LogP contribution in [0.15, 0.2) is 47.6 Å². The average Bonchev–Trinajstić information content (AvgIpc) is 2.77. The first-order valence-corrected chi connectivity index (χ1v) is 12.1. The molecule has 1 aromatic heterocycles. The molecular formula is C20H16ClF2IN4O4S. The zero-order chi connectivity index (χ0) is 24.3. The lowest BCUT2D eigenvalue weighted by Gasteiger charge is -2.17. The fourth-order valence-electron chi connectivity index (χ4n) is 2.82. The molecule has 0 saturated heterocycles. The van der Waals surface area contributed by atoms with Gasteiger partial charge in [-0.1, -0.05) is 11.6 Å².